The van der Waals surface area contributed by atoms with Gasteiger partial charge in [-0.05, 0) is 48.0 Å². The molecule has 0 saturated heterocycles. The van der Waals surface area contributed by atoms with Crippen LogP contribution >= 0.6 is 11.6 Å². The van der Waals surface area contributed by atoms with E-state index in [9.17, 15) is 10.1 Å². The van der Waals surface area contributed by atoms with Gasteiger partial charge in [-0.1, -0.05) is 39.3 Å². The van der Waals surface area contributed by atoms with Crippen molar-refractivity contribution >= 4 is 50.8 Å². The maximum Gasteiger partial charge on any atom is 0.329 e. The highest BCUT2D eigenvalue weighted by molar-refractivity contribution is 6.74. The fourth-order valence-corrected chi connectivity index (χ4v) is 5.71. The first-order chi connectivity index (χ1) is 18.8. The lowest BCUT2D eigenvalue weighted by Gasteiger charge is -2.39. The quantitative estimate of drug-likeness (QED) is 0.252. The van der Waals surface area contributed by atoms with E-state index in [-0.39, 0.29) is 5.04 Å². The van der Waals surface area contributed by atoms with Crippen LogP contribution in [-0.4, -0.2) is 57.1 Å². The number of fused-ring (bicyclic) bond motifs is 1. The van der Waals surface area contributed by atoms with Gasteiger partial charge in [0, 0.05) is 42.2 Å². The van der Waals surface area contributed by atoms with Crippen LogP contribution in [-0.2, 0) is 14.6 Å². The van der Waals surface area contributed by atoms with Gasteiger partial charge in [-0.2, -0.15) is 5.26 Å². The summed E-state index contributed by atoms with van der Waals surface area (Å²) in [6.45, 7) is 14.2. The number of hydrogen-bond donors (Lipinski definition) is 1. The van der Waals surface area contributed by atoms with Gasteiger partial charge in [-0.25, -0.2) is 15.0 Å². The van der Waals surface area contributed by atoms with E-state index < -0.39 is 13.7 Å². The molecular weight excluding hydrogens is 543 g/mol. The van der Waals surface area contributed by atoms with Gasteiger partial charge in [0.05, 0.1) is 23.4 Å². The second-order valence-electron chi connectivity index (χ2n) is 11.7. The Hall–Kier alpha value is -3.46. The summed E-state index contributed by atoms with van der Waals surface area (Å²) < 4.78 is 12.0. The van der Waals surface area contributed by atoms with Gasteiger partial charge in [0.2, 0.25) is 11.8 Å². The minimum Gasteiger partial charge on any atom is -0.480 e. The van der Waals surface area contributed by atoms with Gasteiger partial charge in [-0.15, -0.1) is 0 Å². The molecule has 1 radical (unpaired) electrons. The number of nitriles is 1. The average Bonchev–Trinajstić information content (AvgIpc) is 3.19. The van der Waals surface area contributed by atoms with Gasteiger partial charge >= 0.3 is 7.41 Å². The van der Waals surface area contributed by atoms with Crippen LogP contribution in [0.5, 0.6) is 5.88 Å². The molecule has 1 aliphatic rings. The van der Waals surface area contributed by atoms with Crippen LogP contribution in [0.3, 0.4) is 0 Å². The first kappa shape index (κ1) is 29.5. The maximum atomic E-state index is 11.5. The zero-order chi connectivity index (χ0) is 29.3. The fourth-order valence-electron chi connectivity index (χ4n) is 4.44. The summed E-state index contributed by atoms with van der Waals surface area (Å²) in [7, 11) is 0.946. The van der Waals surface area contributed by atoms with Crippen LogP contribution in [0.15, 0.2) is 36.7 Å². The lowest BCUT2D eigenvalue weighted by Crippen LogP contribution is -2.46. The van der Waals surface area contributed by atoms with Gasteiger partial charge in [0.15, 0.2) is 8.32 Å². The minimum atomic E-state index is -2.05. The van der Waals surface area contributed by atoms with Crippen LogP contribution < -0.4 is 14.9 Å². The van der Waals surface area contributed by atoms with Crippen LogP contribution in [0.25, 0.3) is 11.3 Å². The number of halogens is 1. The van der Waals surface area contributed by atoms with E-state index in [2.05, 4.69) is 62.1 Å². The minimum absolute atomic E-state index is 0.0462. The number of ether oxygens (including phenoxy) is 1. The highest BCUT2D eigenvalue weighted by Crippen LogP contribution is 2.46. The molecule has 207 valence electrons. The molecule has 0 spiro atoms. The lowest BCUT2D eigenvalue weighted by molar-refractivity contribution is 0.219. The molecule has 12 heteroatoms. The van der Waals surface area contributed by atoms with Crippen molar-refractivity contribution in [2.45, 2.75) is 51.2 Å². The van der Waals surface area contributed by atoms with Crippen molar-refractivity contribution in [3.05, 3.63) is 52.8 Å². The highest BCUT2D eigenvalue weighted by Gasteiger charge is 2.44. The first-order valence-corrected chi connectivity index (χ1v) is 16.2. The van der Waals surface area contributed by atoms with Crippen LogP contribution in [0, 0.1) is 11.3 Å². The van der Waals surface area contributed by atoms with Gasteiger partial charge in [-0.3, -0.25) is 0 Å². The molecule has 2 aromatic heterocycles. The van der Waals surface area contributed by atoms with E-state index in [1.807, 2.05) is 10.9 Å². The van der Waals surface area contributed by atoms with Crippen molar-refractivity contribution in [3.8, 4) is 23.2 Å². The number of hydrogen-bond acceptors (Lipinski definition) is 9. The zero-order valence-electron chi connectivity index (χ0n) is 23.9. The Morgan fingerprint density at radius 1 is 1.30 bits per heavy atom. The van der Waals surface area contributed by atoms with E-state index in [1.54, 1.807) is 24.4 Å². The third-order valence-electron chi connectivity index (χ3n) is 7.69. The number of anilines is 3. The number of methoxy groups -OCH3 is 1. The van der Waals surface area contributed by atoms with Gasteiger partial charge in [0.25, 0.3) is 0 Å². The number of nitrogens with one attached hydrogen (secondary N) is 1. The van der Waals surface area contributed by atoms with Crippen molar-refractivity contribution in [1.82, 2.24) is 15.0 Å². The molecule has 3 aromatic rings. The summed E-state index contributed by atoms with van der Waals surface area (Å²) in [6, 6.07) is 9.62. The molecule has 3 heterocycles. The third-order valence-corrected chi connectivity index (χ3v) is 12.4. The summed E-state index contributed by atoms with van der Waals surface area (Å²) in [5.74, 6) is 0.672. The normalized spacial score (nSPS) is 16.7. The predicted octanol–water partition coefficient (Wildman–Crippen LogP) is 5.72. The molecule has 1 atom stereocenters. The summed E-state index contributed by atoms with van der Waals surface area (Å²) in [5.41, 5.74) is 3.55. The molecule has 0 saturated carbocycles. The lowest BCUT2D eigenvalue weighted by atomic mass is 9.83. The molecule has 0 bridgehead atoms. The van der Waals surface area contributed by atoms with E-state index in [1.165, 1.54) is 20.7 Å². The predicted molar refractivity (Wildman–Crippen MR) is 162 cm³/mol. The number of benzene rings is 1. The molecule has 40 heavy (non-hydrogen) atoms. The topological polar surface area (TPSA) is 113 Å². The van der Waals surface area contributed by atoms with Crippen molar-refractivity contribution in [2.24, 2.45) is 0 Å². The van der Waals surface area contributed by atoms with Crippen LogP contribution in [0.1, 0.15) is 38.8 Å². The monoisotopic (exact) mass is 575 g/mol. The highest BCUT2D eigenvalue weighted by atomic mass is 35.5. The Balaban J connectivity index is 1.76. The van der Waals surface area contributed by atoms with E-state index in [4.69, 9.17) is 25.7 Å². The maximum absolute atomic E-state index is 11.5. The largest absolute Gasteiger partial charge is 0.480 e. The first-order valence-electron chi connectivity index (χ1n) is 12.9. The summed E-state index contributed by atoms with van der Waals surface area (Å²) in [4.78, 5) is 26.6. The zero-order valence-corrected chi connectivity index (χ0v) is 25.6. The molecular formula is C28H33BClN6O3Si. The molecule has 1 N–H and O–H groups in total. The number of carbonyl (C=O) groups is 1. The third kappa shape index (κ3) is 5.84. The number of pyridine rings is 1. The van der Waals surface area contributed by atoms with Gasteiger partial charge in [0.1, 0.15) is 17.9 Å². The van der Waals surface area contributed by atoms with E-state index >= 15 is 0 Å². The van der Waals surface area contributed by atoms with Crippen LogP contribution in [0.4, 0.5) is 17.3 Å². The molecule has 1 aromatic carbocycles. The second kappa shape index (κ2) is 11.2. The second-order valence-corrected chi connectivity index (χ2v) is 16.9. The standard InChI is InChI=1S/C28H33BClN6O3Si/c1-27(2,3)40(6,7)39-16-28(4)15-36(29-17-37)24-19(13-31)10-18(11-21(24)28)22-8-9-32-26(34-22)35-23-12-20(30)14-33-25(23)38-5/h8-12,14,17H,15-16H2,1-7H3,(H,32,34,35)/t28-/m0/s1. The Kier molecular flexibility index (Phi) is 8.26. The number of carbonyl (C=O) groups excluding carboxylic acids is 1. The number of aromatic nitrogens is 3. The Labute approximate surface area is 242 Å². The van der Waals surface area contributed by atoms with E-state index in [0.29, 0.717) is 46.9 Å². The Morgan fingerprint density at radius 2 is 2.05 bits per heavy atom. The molecule has 0 unspecified atom stereocenters. The smallest absolute Gasteiger partial charge is 0.329 e. The number of rotatable bonds is 9. The van der Waals surface area contributed by atoms with E-state index in [0.717, 1.165) is 23.0 Å². The molecule has 9 nitrogen and oxygen atoms in total. The van der Waals surface area contributed by atoms with Crippen molar-refractivity contribution < 1.29 is 14.0 Å². The van der Waals surface area contributed by atoms with Crippen molar-refractivity contribution in [1.29, 1.82) is 5.26 Å². The molecule has 0 aliphatic carbocycles. The van der Waals surface area contributed by atoms with Gasteiger partial charge < -0.3 is 24.1 Å². The van der Waals surface area contributed by atoms with Crippen LogP contribution in [0.2, 0.25) is 23.2 Å². The Bertz CT molecular complexity index is 1480. The molecule has 0 amide bonds. The number of nitrogens with zero attached hydrogens (tertiary/aromatic N) is 5. The summed E-state index contributed by atoms with van der Waals surface area (Å²) >= 11 is 6.13. The van der Waals surface area contributed by atoms with Crippen molar-refractivity contribution in [3.63, 3.8) is 0 Å². The molecule has 0 fully saturated rings. The molecule has 4 rings (SSSR count). The summed E-state index contributed by atoms with van der Waals surface area (Å²) in [6.07, 6.45) is 3.88. The summed E-state index contributed by atoms with van der Waals surface area (Å²) in [5, 5.41) is 13.8. The molecule has 1 aliphatic heterocycles. The SMILES string of the molecule is COc1ncc(Cl)cc1Nc1nccc(-c2cc(C#N)c3c(c2)[C@](C)(CO[Si](C)(C)C(C)(C)C)CN3[B]C=O)n1. The fraction of sp³-hybridized carbons (Fsp3) is 0.393. The Morgan fingerprint density at radius 3 is 2.70 bits per heavy atom. The average molecular weight is 576 g/mol. The van der Waals surface area contributed by atoms with Crippen molar-refractivity contribution in [2.75, 3.05) is 30.4 Å².